The Kier molecular flexibility index (Phi) is 3.96. The summed E-state index contributed by atoms with van der Waals surface area (Å²) in [5.41, 5.74) is 6.94. The number of nitrogens with two attached hydrogens (primary N) is 1. The van der Waals surface area contributed by atoms with E-state index in [0.717, 1.165) is 19.3 Å². The molecule has 0 aliphatic rings. The van der Waals surface area contributed by atoms with E-state index in [1.165, 1.54) is 11.5 Å². The van der Waals surface area contributed by atoms with Crippen LogP contribution in [0.25, 0.3) is 0 Å². The van der Waals surface area contributed by atoms with Gasteiger partial charge in [0, 0.05) is 15.4 Å². The van der Waals surface area contributed by atoms with Crippen LogP contribution in [0.5, 0.6) is 0 Å². The summed E-state index contributed by atoms with van der Waals surface area (Å²) in [6, 6.07) is 6.19. The van der Waals surface area contributed by atoms with Crippen LogP contribution in [-0.4, -0.2) is 9.36 Å². The maximum Gasteiger partial charge on any atom is 0.174 e. The first-order valence-electron chi connectivity index (χ1n) is 4.66. The summed E-state index contributed by atoms with van der Waals surface area (Å²) in [5, 5.41) is 0. The number of hydrogen-bond donors (Lipinski definition) is 1. The highest BCUT2D eigenvalue weighted by Gasteiger charge is 2.07. The van der Waals surface area contributed by atoms with E-state index >= 15 is 0 Å². The van der Waals surface area contributed by atoms with Crippen molar-refractivity contribution in [3.05, 3.63) is 34.6 Å². The number of rotatable bonds is 3. The third kappa shape index (κ3) is 2.82. The average molecular weight is 316 g/mol. The van der Waals surface area contributed by atoms with Crippen molar-refractivity contribution >= 4 is 39.2 Å². The molecule has 1 aromatic carbocycles. The SMILES string of the molecule is C[C@@H](N)c1ccc(Sc2ncns2)c(Br)c1. The van der Waals surface area contributed by atoms with Crippen molar-refractivity contribution in [2.45, 2.75) is 22.2 Å². The lowest BCUT2D eigenvalue weighted by atomic mass is 10.1. The Labute approximate surface area is 111 Å². The van der Waals surface area contributed by atoms with E-state index in [9.17, 15) is 0 Å². The molecule has 0 unspecified atom stereocenters. The van der Waals surface area contributed by atoms with Crippen molar-refractivity contribution < 1.29 is 0 Å². The van der Waals surface area contributed by atoms with Crippen LogP contribution >= 0.6 is 39.2 Å². The Hall–Kier alpha value is -0.430. The molecular formula is C10H10BrN3S2. The fourth-order valence-corrected chi connectivity index (χ4v) is 3.23. The maximum atomic E-state index is 5.82. The molecule has 0 aliphatic heterocycles. The molecule has 2 aromatic rings. The molecule has 0 spiro atoms. The van der Waals surface area contributed by atoms with Crippen LogP contribution in [0.15, 0.2) is 38.2 Å². The highest BCUT2D eigenvalue weighted by molar-refractivity contribution is 9.10. The highest BCUT2D eigenvalue weighted by atomic mass is 79.9. The number of hydrogen-bond acceptors (Lipinski definition) is 5. The normalized spacial score (nSPS) is 12.7. The Morgan fingerprint density at radius 3 is 2.88 bits per heavy atom. The molecule has 1 heterocycles. The minimum atomic E-state index is 0.0527. The van der Waals surface area contributed by atoms with Gasteiger partial charge in [0.2, 0.25) is 0 Å². The van der Waals surface area contributed by atoms with Crippen molar-refractivity contribution in [2.24, 2.45) is 5.73 Å². The Morgan fingerprint density at radius 2 is 2.31 bits per heavy atom. The van der Waals surface area contributed by atoms with Gasteiger partial charge >= 0.3 is 0 Å². The third-order valence-corrected chi connectivity index (χ3v) is 4.73. The number of benzene rings is 1. The lowest BCUT2D eigenvalue weighted by molar-refractivity contribution is 0.815. The van der Waals surface area contributed by atoms with Crippen molar-refractivity contribution in [3.63, 3.8) is 0 Å². The molecule has 3 nitrogen and oxygen atoms in total. The lowest BCUT2D eigenvalue weighted by Gasteiger charge is -2.08. The van der Waals surface area contributed by atoms with Crippen LogP contribution in [0.4, 0.5) is 0 Å². The summed E-state index contributed by atoms with van der Waals surface area (Å²) < 4.78 is 5.95. The maximum absolute atomic E-state index is 5.82. The predicted molar refractivity (Wildman–Crippen MR) is 70.8 cm³/mol. The minimum absolute atomic E-state index is 0.0527. The van der Waals surface area contributed by atoms with Gasteiger partial charge in [-0.3, -0.25) is 0 Å². The quantitative estimate of drug-likeness (QED) is 0.942. The first-order chi connectivity index (χ1) is 7.66. The van der Waals surface area contributed by atoms with Gasteiger partial charge in [-0.05, 0) is 52.1 Å². The van der Waals surface area contributed by atoms with Gasteiger partial charge < -0.3 is 5.73 Å². The minimum Gasteiger partial charge on any atom is -0.324 e. The van der Waals surface area contributed by atoms with E-state index < -0.39 is 0 Å². The van der Waals surface area contributed by atoms with Crippen LogP contribution in [0.3, 0.4) is 0 Å². The second-order valence-corrected chi connectivity index (χ2v) is 6.21. The number of aromatic nitrogens is 2. The van der Waals surface area contributed by atoms with Crippen molar-refractivity contribution in [1.29, 1.82) is 0 Å². The smallest absolute Gasteiger partial charge is 0.174 e. The van der Waals surface area contributed by atoms with E-state index in [-0.39, 0.29) is 6.04 Å². The molecule has 0 saturated heterocycles. The zero-order chi connectivity index (χ0) is 11.5. The molecule has 2 N–H and O–H groups in total. The van der Waals surface area contributed by atoms with Gasteiger partial charge in [0.05, 0.1) is 0 Å². The van der Waals surface area contributed by atoms with E-state index in [2.05, 4.69) is 31.4 Å². The van der Waals surface area contributed by atoms with Crippen LogP contribution in [0, 0.1) is 0 Å². The second kappa shape index (κ2) is 5.27. The molecule has 2 rings (SSSR count). The van der Waals surface area contributed by atoms with Crippen LogP contribution in [0.2, 0.25) is 0 Å². The second-order valence-electron chi connectivity index (χ2n) is 3.29. The Morgan fingerprint density at radius 1 is 1.50 bits per heavy atom. The van der Waals surface area contributed by atoms with E-state index in [1.54, 1.807) is 18.1 Å². The van der Waals surface area contributed by atoms with Gasteiger partial charge in [0.25, 0.3) is 0 Å². The zero-order valence-electron chi connectivity index (χ0n) is 8.55. The molecule has 6 heteroatoms. The van der Waals surface area contributed by atoms with Gasteiger partial charge in [0.15, 0.2) is 4.34 Å². The van der Waals surface area contributed by atoms with E-state index in [4.69, 9.17) is 5.73 Å². The van der Waals surface area contributed by atoms with Gasteiger partial charge in [-0.25, -0.2) is 4.98 Å². The molecule has 1 atom stereocenters. The molecule has 1 aromatic heterocycles. The molecule has 0 amide bonds. The summed E-state index contributed by atoms with van der Waals surface area (Å²) in [6.45, 7) is 1.97. The van der Waals surface area contributed by atoms with Gasteiger partial charge in [-0.1, -0.05) is 17.8 Å². The Balaban J connectivity index is 2.23. The lowest BCUT2D eigenvalue weighted by Crippen LogP contribution is -2.04. The summed E-state index contributed by atoms with van der Waals surface area (Å²) in [7, 11) is 0. The zero-order valence-corrected chi connectivity index (χ0v) is 11.8. The molecule has 0 radical (unpaired) electrons. The summed E-state index contributed by atoms with van der Waals surface area (Å²) in [6.07, 6.45) is 1.57. The van der Waals surface area contributed by atoms with Gasteiger partial charge in [0.1, 0.15) is 6.33 Å². The monoisotopic (exact) mass is 315 g/mol. The number of halogens is 1. The first kappa shape index (κ1) is 12.0. The number of nitrogens with zero attached hydrogens (tertiary/aromatic N) is 2. The molecule has 0 fully saturated rings. The van der Waals surface area contributed by atoms with Gasteiger partial charge in [-0.15, -0.1) is 0 Å². The summed E-state index contributed by atoms with van der Waals surface area (Å²) in [4.78, 5) is 5.26. The fraction of sp³-hybridized carbons (Fsp3) is 0.200. The van der Waals surface area contributed by atoms with Gasteiger partial charge in [-0.2, -0.15) is 4.37 Å². The van der Waals surface area contributed by atoms with E-state index in [0.29, 0.717) is 0 Å². The van der Waals surface area contributed by atoms with Crippen molar-refractivity contribution in [3.8, 4) is 0 Å². The van der Waals surface area contributed by atoms with Crippen LogP contribution < -0.4 is 5.73 Å². The highest BCUT2D eigenvalue weighted by Crippen LogP contribution is 2.34. The molecule has 0 aliphatic carbocycles. The largest absolute Gasteiger partial charge is 0.324 e. The summed E-state index contributed by atoms with van der Waals surface area (Å²) >= 11 is 6.53. The average Bonchev–Trinajstić information content (AvgIpc) is 2.73. The first-order valence-corrected chi connectivity index (χ1v) is 7.04. The third-order valence-electron chi connectivity index (χ3n) is 2.02. The topological polar surface area (TPSA) is 51.8 Å². The molecule has 84 valence electrons. The van der Waals surface area contributed by atoms with Crippen molar-refractivity contribution in [2.75, 3.05) is 0 Å². The predicted octanol–water partition coefficient (Wildman–Crippen LogP) is 3.47. The van der Waals surface area contributed by atoms with Crippen LogP contribution in [0.1, 0.15) is 18.5 Å². The van der Waals surface area contributed by atoms with Crippen LogP contribution in [-0.2, 0) is 0 Å². The standard InChI is InChI=1S/C10H10BrN3S2/c1-6(12)7-2-3-9(8(11)4-7)15-10-13-5-14-16-10/h2-6H,12H2,1H3/t6-/m1/s1. The molecule has 0 saturated carbocycles. The summed E-state index contributed by atoms with van der Waals surface area (Å²) in [5.74, 6) is 0. The molecule has 0 bridgehead atoms. The molecule has 16 heavy (non-hydrogen) atoms. The van der Waals surface area contributed by atoms with E-state index in [1.807, 2.05) is 19.1 Å². The van der Waals surface area contributed by atoms with Crippen molar-refractivity contribution in [1.82, 2.24) is 9.36 Å². The molecular weight excluding hydrogens is 306 g/mol. The Bertz CT molecular complexity index is 471. The fourth-order valence-electron chi connectivity index (χ4n) is 1.19.